The van der Waals surface area contributed by atoms with Crippen molar-refractivity contribution in [1.82, 2.24) is 4.98 Å². The Morgan fingerprint density at radius 1 is 1.27 bits per heavy atom. The number of nitrogens with zero attached hydrogens (tertiary/aromatic N) is 2. The minimum Gasteiger partial charge on any atom is -1.00 e. The Bertz CT molecular complexity index is 817. The van der Waals surface area contributed by atoms with Crippen molar-refractivity contribution in [2.24, 2.45) is 5.92 Å². The van der Waals surface area contributed by atoms with Gasteiger partial charge in [-0.2, -0.15) is 5.26 Å². The molecule has 3 rings (SSSR count). The van der Waals surface area contributed by atoms with Gasteiger partial charge in [-0.3, -0.25) is 4.98 Å². The molecule has 1 aromatic heterocycles. The Kier molecular flexibility index (Phi) is 7.65. The van der Waals surface area contributed by atoms with Gasteiger partial charge in [0.1, 0.15) is 6.07 Å². The van der Waals surface area contributed by atoms with Crippen LogP contribution in [-0.2, 0) is 0 Å². The summed E-state index contributed by atoms with van der Waals surface area (Å²) in [7, 11) is 0. The molecule has 1 aromatic carbocycles. The summed E-state index contributed by atoms with van der Waals surface area (Å²) in [4.78, 5) is 15.3. The van der Waals surface area contributed by atoms with Crippen molar-refractivity contribution in [1.29, 1.82) is 5.26 Å². The minimum atomic E-state index is -0.991. The van der Waals surface area contributed by atoms with Crippen molar-refractivity contribution in [3.8, 4) is 17.3 Å². The molecular weight excluding hydrogens is 337 g/mol. The van der Waals surface area contributed by atoms with Gasteiger partial charge in [-0.05, 0) is 43.0 Å². The summed E-state index contributed by atoms with van der Waals surface area (Å²) in [5.74, 6) is -0.316. The zero-order valence-electron chi connectivity index (χ0n) is 16.0. The van der Waals surface area contributed by atoms with E-state index in [2.05, 4.69) is 16.4 Å². The Hall–Kier alpha value is -1.87. The molecule has 1 saturated carbocycles. The molecule has 5 nitrogen and oxygen atoms in total. The number of carboxylic acids is 1. The number of benzene rings is 1. The van der Waals surface area contributed by atoms with Gasteiger partial charge < -0.3 is 11.8 Å². The van der Waals surface area contributed by atoms with Crippen molar-refractivity contribution >= 4 is 11.7 Å². The predicted molar refractivity (Wildman–Crippen MR) is 97.5 cm³/mol. The van der Waals surface area contributed by atoms with Gasteiger partial charge in [0.25, 0.3) is 0 Å². The normalized spacial score (nSPS) is 14.1. The van der Waals surface area contributed by atoms with Crippen LogP contribution in [0.15, 0.2) is 36.5 Å². The molecule has 6 heteroatoms. The van der Waals surface area contributed by atoms with Crippen LogP contribution in [0.4, 0.5) is 5.69 Å². The molecule has 2 aromatic rings. The topological polar surface area (TPSA) is 86.0 Å². The Morgan fingerprint density at radius 3 is 2.73 bits per heavy atom. The standard InChI is InChI=1S/C20H21N3O2.Na.H/c21-12-17-10-15(19-11-16(20(24)25)8-9-22-19)6-7-18(17)23-13-14-4-2-1-3-5-14;;/h6-11,14,23H,1-5,13H2,(H,24,25);;/q;+1;-1. The Labute approximate surface area is 177 Å². The predicted octanol–water partition coefficient (Wildman–Crippen LogP) is 1.43. The van der Waals surface area contributed by atoms with Crippen molar-refractivity contribution in [3.05, 3.63) is 47.7 Å². The summed E-state index contributed by atoms with van der Waals surface area (Å²) >= 11 is 0. The number of carboxylic acid groups (broad SMARTS) is 1. The smallest absolute Gasteiger partial charge is 1.00 e. The molecule has 0 atom stereocenters. The second-order valence-corrected chi connectivity index (χ2v) is 6.49. The molecule has 0 unspecified atom stereocenters. The summed E-state index contributed by atoms with van der Waals surface area (Å²) in [5, 5.41) is 22.0. The van der Waals surface area contributed by atoms with Crippen LogP contribution in [-0.4, -0.2) is 22.6 Å². The Morgan fingerprint density at radius 2 is 2.04 bits per heavy atom. The van der Waals surface area contributed by atoms with E-state index in [-0.39, 0.29) is 36.5 Å². The van der Waals surface area contributed by atoms with Gasteiger partial charge in [-0.25, -0.2) is 4.79 Å². The van der Waals surface area contributed by atoms with E-state index in [9.17, 15) is 10.1 Å². The second-order valence-electron chi connectivity index (χ2n) is 6.49. The van der Waals surface area contributed by atoms with Crippen molar-refractivity contribution in [3.63, 3.8) is 0 Å². The minimum absolute atomic E-state index is 0. The van der Waals surface area contributed by atoms with Crippen LogP contribution in [0, 0.1) is 17.2 Å². The summed E-state index contributed by atoms with van der Waals surface area (Å²) in [6.45, 7) is 0.890. The molecule has 0 saturated heterocycles. The number of pyridine rings is 1. The van der Waals surface area contributed by atoms with Crippen LogP contribution >= 0.6 is 0 Å². The summed E-state index contributed by atoms with van der Waals surface area (Å²) in [5.41, 5.74) is 2.85. The molecule has 26 heavy (non-hydrogen) atoms. The average Bonchev–Trinajstić information content (AvgIpc) is 2.67. The van der Waals surface area contributed by atoms with Gasteiger partial charge in [0.15, 0.2) is 0 Å². The fourth-order valence-electron chi connectivity index (χ4n) is 3.32. The summed E-state index contributed by atoms with van der Waals surface area (Å²) in [6.07, 6.45) is 7.89. The molecule has 0 spiro atoms. The van der Waals surface area contributed by atoms with E-state index in [1.165, 1.54) is 50.4 Å². The summed E-state index contributed by atoms with van der Waals surface area (Å²) in [6, 6.07) is 10.7. The van der Waals surface area contributed by atoms with E-state index in [0.29, 0.717) is 17.2 Å². The van der Waals surface area contributed by atoms with Gasteiger partial charge in [-0.15, -0.1) is 0 Å². The van der Waals surface area contributed by atoms with Gasteiger partial charge in [-0.1, -0.05) is 25.3 Å². The molecule has 0 aliphatic heterocycles. The molecule has 1 heterocycles. The molecule has 1 aliphatic carbocycles. The molecular formula is C20H22N3NaO2. The molecule has 1 fully saturated rings. The number of rotatable bonds is 5. The van der Waals surface area contributed by atoms with Crippen LogP contribution in [0.25, 0.3) is 11.3 Å². The first-order valence-electron chi connectivity index (χ1n) is 8.65. The molecule has 0 radical (unpaired) electrons. The van der Waals surface area contributed by atoms with E-state index in [1.807, 2.05) is 12.1 Å². The molecule has 130 valence electrons. The largest absolute Gasteiger partial charge is 1.00 e. The zero-order valence-corrected chi connectivity index (χ0v) is 17.0. The maximum atomic E-state index is 11.1. The van der Waals surface area contributed by atoms with Crippen LogP contribution in [0.3, 0.4) is 0 Å². The first-order valence-corrected chi connectivity index (χ1v) is 8.65. The molecule has 1 aliphatic rings. The SMILES string of the molecule is N#Cc1cc(-c2cc(C(=O)O)ccn2)ccc1NCC1CCCCC1.[H-].[Na+]. The fourth-order valence-corrected chi connectivity index (χ4v) is 3.32. The number of hydrogen-bond donors (Lipinski definition) is 2. The summed E-state index contributed by atoms with van der Waals surface area (Å²) < 4.78 is 0. The third-order valence-corrected chi connectivity index (χ3v) is 4.75. The number of anilines is 1. The average molecular weight is 359 g/mol. The number of aromatic carboxylic acids is 1. The van der Waals surface area contributed by atoms with Gasteiger partial charge in [0.05, 0.1) is 22.5 Å². The van der Waals surface area contributed by atoms with Gasteiger partial charge in [0.2, 0.25) is 0 Å². The number of aromatic nitrogens is 1. The molecule has 2 N–H and O–H groups in total. The molecule has 0 amide bonds. The van der Waals surface area contributed by atoms with Gasteiger partial charge in [0, 0.05) is 18.3 Å². The number of carbonyl (C=O) groups is 1. The maximum Gasteiger partial charge on any atom is 1.00 e. The number of nitriles is 1. The van der Waals surface area contributed by atoms with E-state index in [1.54, 1.807) is 6.07 Å². The number of nitrogens with one attached hydrogen (secondary N) is 1. The quantitative estimate of drug-likeness (QED) is 0.789. The third-order valence-electron chi connectivity index (χ3n) is 4.75. The fraction of sp³-hybridized carbons (Fsp3) is 0.350. The van der Waals surface area contributed by atoms with Crippen LogP contribution in [0.1, 0.15) is 49.5 Å². The van der Waals surface area contributed by atoms with Crippen molar-refractivity contribution < 1.29 is 40.9 Å². The van der Waals surface area contributed by atoms with E-state index in [4.69, 9.17) is 5.11 Å². The van der Waals surface area contributed by atoms with Crippen molar-refractivity contribution in [2.45, 2.75) is 32.1 Å². The van der Waals surface area contributed by atoms with Gasteiger partial charge >= 0.3 is 35.5 Å². The second kappa shape index (κ2) is 9.72. The number of hydrogen-bond acceptors (Lipinski definition) is 4. The van der Waals surface area contributed by atoms with Crippen LogP contribution < -0.4 is 34.9 Å². The van der Waals surface area contributed by atoms with E-state index < -0.39 is 5.97 Å². The van der Waals surface area contributed by atoms with Crippen LogP contribution in [0.5, 0.6) is 0 Å². The first kappa shape index (κ1) is 20.4. The van der Waals surface area contributed by atoms with E-state index in [0.717, 1.165) is 17.8 Å². The third kappa shape index (κ3) is 5.07. The monoisotopic (exact) mass is 359 g/mol. The van der Waals surface area contributed by atoms with E-state index >= 15 is 0 Å². The van der Waals surface area contributed by atoms with Crippen LogP contribution in [0.2, 0.25) is 0 Å². The van der Waals surface area contributed by atoms with Crippen molar-refractivity contribution in [2.75, 3.05) is 11.9 Å². The maximum absolute atomic E-state index is 11.1. The zero-order chi connectivity index (χ0) is 17.6. The molecule has 0 bridgehead atoms. The first-order chi connectivity index (χ1) is 12.2. The Balaban J connectivity index is 0.00000182.